The minimum Gasteiger partial charge on any atom is -0.360 e. The van der Waals surface area contributed by atoms with Gasteiger partial charge in [-0.05, 0) is 23.0 Å². The minimum atomic E-state index is -0.335. The van der Waals surface area contributed by atoms with Crippen molar-refractivity contribution in [2.45, 2.75) is 27.7 Å². The summed E-state index contributed by atoms with van der Waals surface area (Å²) in [5, 5.41) is 0.422. The van der Waals surface area contributed by atoms with E-state index in [0.29, 0.717) is 16.5 Å². The van der Waals surface area contributed by atoms with Gasteiger partial charge in [0.15, 0.2) is 5.78 Å². The van der Waals surface area contributed by atoms with Crippen LogP contribution in [-0.2, 0) is 0 Å². The molecule has 0 aliphatic heterocycles. The number of nitrogens with one attached hydrogen (secondary N) is 1. The molecule has 2 aromatic rings. The van der Waals surface area contributed by atoms with Crippen LogP contribution in [0.4, 0.5) is 4.39 Å². The molecule has 1 aliphatic rings. The van der Waals surface area contributed by atoms with Crippen LogP contribution in [-0.4, -0.2) is 10.8 Å². The Morgan fingerprint density at radius 1 is 1.21 bits per heavy atom. The van der Waals surface area contributed by atoms with E-state index >= 15 is 0 Å². The highest BCUT2D eigenvalue weighted by atomic mass is 19.1. The molecule has 3 heteroatoms. The Morgan fingerprint density at radius 3 is 2.42 bits per heavy atom. The third-order valence-corrected chi connectivity index (χ3v) is 5.20. The fourth-order valence-electron chi connectivity index (χ4n) is 3.34. The summed E-state index contributed by atoms with van der Waals surface area (Å²) in [5.74, 6) is -0.330. The highest BCUT2D eigenvalue weighted by molar-refractivity contribution is 6.10. The Hall–Kier alpha value is -1.64. The van der Waals surface area contributed by atoms with Crippen LogP contribution < -0.4 is 0 Å². The lowest BCUT2D eigenvalue weighted by atomic mass is 10.0. The largest absolute Gasteiger partial charge is 0.360 e. The number of aromatic nitrogens is 1. The lowest BCUT2D eigenvalue weighted by Gasteiger charge is -2.03. The number of fused-ring (bicyclic) bond motifs is 1. The number of ketones is 1. The molecule has 1 aliphatic carbocycles. The minimum absolute atomic E-state index is 0.0288. The summed E-state index contributed by atoms with van der Waals surface area (Å²) >= 11 is 0. The third-order valence-electron chi connectivity index (χ3n) is 5.20. The quantitative estimate of drug-likeness (QED) is 0.807. The molecule has 0 atom stereocenters. The molecule has 1 saturated carbocycles. The SMILES string of the molecule is CC1(C)C(C(=O)c2c[nH]c3cccc(F)c23)C1(C)C. The number of hydrogen-bond acceptors (Lipinski definition) is 1. The van der Waals surface area contributed by atoms with Gasteiger partial charge in [-0.15, -0.1) is 0 Å². The molecule has 0 bridgehead atoms. The number of carbonyl (C=O) groups excluding carboxylic acids is 1. The Morgan fingerprint density at radius 2 is 1.84 bits per heavy atom. The molecule has 19 heavy (non-hydrogen) atoms. The van der Waals surface area contributed by atoms with Gasteiger partial charge < -0.3 is 4.98 Å². The number of aromatic amines is 1. The number of hydrogen-bond donors (Lipinski definition) is 1. The normalized spacial score (nSPS) is 20.7. The van der Waals surface area contributed by atoms with Crippen LogP contribution in [0.2, 0.25) is 0 Å². The Kier molecular flexibility index (Phi) is 2.26. The smallest absolute Gasteiger partial charge is 0.169 e. The molecule has 2 nitrogen and oxygen atoms in total. The fourth-order valence-corrected chi connectivity index (χ4v) is 3.34. The van der Waals surface area contributed by atoms with Crippen LogP contribution in [0.15, 0.2) is 24.4 Å². The zero-order chi connectivity index (χ0) is 14.0. The maximum atomic E-state index is 13.9. The fraction of sp³-hybridized carbons (Fsp3) is 0.438. The number of carbonyl (C=O) groups is 1. The van der Waals surface area contributed by atoms with Crippen molar-refractivity contribution in [3.05, 3.63) is 35.8 Å². The summed E-state index contributed by atoms with van der Waals surface area (Å²) in [6.07, 6.45) is 1.64. The molecule has 0 unspecified atom stereocenters. The van der Waals surface area contributed by atoms with E-state index in [-0.39, 0.29) is 28.3 Å². The van der Waals surface area contributed by atoms with Gasteiger partial charge in [-0.3, -0.25) is 4.79 Å². The second kappa shape index (κ2) is 3.47. The predicted octanol–water partition coefficient (Wildman–Crippen LogP) is 4.17. The van der Waals surface area contributed by atoms with E-state index in [2.05, 4.69) is 32.7 Å². The molecule has 0 spiro atoms. The average molecular weight is 259 g/mol. The van der Waals surface area contributed by atoms with Crippen LogP contribution in [0.25, 0.3) is 10.9 Å². The van der Waals surface area contributed by atoms with E-state index in [1.165, 1.54) is 6.07 Å². The molecule has 0 amide bonds. The number of rotatable bonds is 2. The monoisotopic (exact) mass is 259 g/mol. The lowest BCUT2D eigenvalue weighted by Crippen LogP contribution is -2.07. The van der Waals surface area contributed by atoms with Gasteiger partial charge in [0.25, 0.3) is 0 Å². The second-order valence-electron chi connectivity index (χ2n) is 6.61. The molecule has 1 heterocycles. The zero-order valence-corrected chi connectivity index (χ0v) is 11.7. The average Bonchev–Trinajstić information content (AvgIpc) is 2.66. The molecule has 3 rings (SSSR count). The van der Waals surface area contributed by atoms with Gasteiger partial charge in [-0.1, -0.05) is 33.8 Å². The van der Waals surface area contributed by atoms with Crippen LogP contribution in [0.1, 0.15) is 38.1 Å². The van der Waals surface area contributed by atoms with Crippen molar-refractivity contribution in [2.75, 3.05) is 0 Å². The molecule has 1 aromatic carbocycles. The van der Waals surface area contributed by atoms with Gasteiger partial charge in [0, 0.05) is 28.6 Å². The molecule has 0 saturated heterocycles. The number of benzene rings is 1. The summed E-state index contributed by atoms with van der Waals surface area (Å²) in [5.41, 5.74) is 1.11. The van der Waals surface area contributed by atoms with E-state index < -0.39 is 0 Å². The maximum Gasteiger partial charge on any atom is 0.169 e. The van der Waals surface area contributed by atoms with E-state index in [9.17, 15) is 9.18 Å². The van der Waals surface area contributed by atoms with Crippen molar-refractivity contribution in [3.8, 4) is 0 Å². The highest BCUT2D eigenvalue weighted by Gasteiger charge is 2.68. The first-order valence-corrected chi connectivity index (χ1v) is 6.58. The van der Waals surface area contributed by atoms with Gasteiger partial charge in [0.2, 0.25) is 0 Å². The van der Waals surface area contributed by atoms with Crippen molar-refractivity contribution < 1.29 is 9.18 Å². The molecule has 1 aromatic heterocycles. The summed E-state index contributed by atoms with van der Waals surface area (Å²) in [7, 11) is 0. The van der Waals surface area contributed by atoms with Gasteiger partial charge in [-0.2, -0.15) is 0 Å². The highest BCUT2D eigenvalue weighted by Crippen LogP contribution is 2.69. The molecular weight excluding hydrogens is 241 g/mol. The van der Waals surface area contributed by atoms with Crippen molar-refractivity contribution >= 4 is 16.7 Å². The first kappa shape index (κ1) is 12.4. The van der Waals surface area contributed by atoms with Crippen molar-refractivity contribution in [1.29, 1.82) is 0 Å². The van der Waals surface area contributed by atoms with Crippen LogP contribution in [0.3, 0.4) is 0 Å². The van der Waals surface area contributed by atoms with Gasteiger partial charge >= 0.3 is 0 Å². The summed E-state index contributed by atoms with van der Waals surface area (Å²) in [6, 6.07) is 4.84. The third kappa shape index (κ3) is 1.44. The van der Waals surface area contributed by atoms with Crippen LogP contribution in [0.5, 0.6) is 0 Å². The topological polar surface area (TPSA) is 32.9 Å². The van der Waals surface area contributed by atoms with Crippen molar-refractivity contribution in [3.63, 3.8) is 0 Å². The zero-order valence-electron chi connectivity index (χ0n) is 11.7. The number of H-pyrrole nitrogens is 1. The van der Waals surface area contributed by atoms with E-state index in [4.69, 9.17) is 0 Å². The van der Waals surface area contributed by atoms with Gasteiger partial charge in [0.1, 0.15) is 5.82 Å². The van der Waals surface area contributed by atoms with Crippen molar-refractivity contribution in [2.24, 2.45) is 16.7 Å². The van der Waals surface area contributed by atoms with Gasteiger partial charge in [0.05, 0.1) is 0 Å². The Balaban J connectivity index is 2.10. The summed E-state index contributed by atoms with van der Waals surface area (Å²) in [4.78, 5) is 15.7. The van der Waals surface area contributed by atoms with E-state index in [1.54, 1.807) is 18.3 Å². The number of Topliss-reactive ketones (excluding diaryl/α,β-unsaturated/α-hetero) is 1. The summed E-state index contributed by atoms with van der Waals surface area (Å²) in [6.45, 7) is 8.39. The van der Waals surface area contributed by atoms with Crippen molar-refractivity contribution in [1.82, 2.24) is 4.98 Å². The first-order valence-electron chi connectivity index (χ1n) is 6.58. The standard InChI is InChI=1S/C16H18FNO/c1-15(2)14(16(15,3)4)13(19)9-8-18-11-7-5-6-10(17)12(9)11/h5-8,14,18H,1-4H3. The molecule has 100 valence electrons. The van der Waals surface area contributed by atoms with E-state index in [0.717, 1.165) is 0 Å². The van der Waals surface area contributed by atoms with Crippen LogP contribution >= 0.6 is 0 Å². The van der Waals surface area contributed by atoms with Crippen LogP contribution in [0, 0.1) is 22.6 Å². The molecule has 0 radical (unpaired) electrons. The molecule has 1 fully saturated rings. The Labute approximate surface area is 112 Å². The summed E-state index contributed by atoms with van der Waals surface area (Å²) < 4.78 is 13.9. The molecule has 1 N–H and O–H groups in total. The maximum absolute atomic E-state index is 13.9. The van der Waals surface area contributed by atoms with E-state index in [1.807, 2.05) is 0 Å². The second-order valence-corrected chi connectivity index (χ2v) is 6.61. The number of halogens is 1. The molecular formula is C16H18FNO. The first-order chi connectivity index (χ1) is 8.78. The predicted molar refractivity (Wildman–Crippen MR) is 73.6 cm³/mol. The van der Waals surface area contributed by atoms with Gasteiger partial charge in [-0.25, -0.2) is 4.39 Å². The Bertz CT molecular complexity index is 667. The lowest BCUT2D eigenvalue weighted by molar-refractivity contribution is 0.0946.